The quantitative estimate of drug-likeness (QED) is 0.738. The Morgan fingerprint density at radius 3 is 2.62 bits per heavy atom. The van der Waals surface area contributed by atoms with Gasteiger partial charge in [0.05, 0.1) is 6.54 Å². The summed E-state index contributed by atoms with van der Waals surface area (Å²) in [5, 5.41) is 3.35. The number of carbonyl (C=O) groups excluding carboxylic acids is 1. The molecule has 3 heteroatoms. The van der Waals surface area contributed by atoms with E-state index in [1.54, 1.807) is 0 Å². The number of hydrogen-bond acceptors (Lipinski definition) is 2. The van der Waals surface area contributed by atoms with Crippen molar-refractivity contribution in [3.8, 4) is 0 Å². The molecule has 0 saturated carbocycles. The number of nitrogens with zero attached hydrogens (tertiary/aromatic N) is 1. The van der Waals surface area contributed by atoms with E-state index in [9.17, 15) is 4.79 Å². The Bertz CT molecular complexity index is 458. The number of nitrogens with one attached hydrogen (secondary N) is 1. The van der Waals surface area contributed by atoms with Crippen molar-refractivity contribution in [2.24, 2.45) is 0 Å². The Labute approximate surface area is 128 Å². The molecule has 21 heavy (non-hydrogen) atoms. The van der Waals surface area contributed by atoms with Gasteiger partial charge in [-0.05, 0) is 24.5 Å². The fraction of sp³-hybridized carbons (Fsp3) is 0.611. The molecule has 1 saturated heterocycles. The normalized spacial score (nSPS) is 18.5. The lowest BCUT2D eigenvalue weighted by Gasteiger charge is -2.26. The molecule has 1 aliphatic rings. The van der Waals surface area contributed by atoms with Crippen LogP contribution >= 0.6 is 0 Å². The predicted molar refractivity (Wildman–Crippen MR) is 87.0 cm³/mol. The molecule has 0 aliphatic carbocycles. The van der Waals surface area contributed by atoms with Crippen LogP contribution in [0.5, 0.6) is 0 Å². The second kappa shape index (κ2) is 8.18. The first-order valence-electron chi connectivity index (χ1n) is 8.32. The van der Waals surface area contributed by atoms with E-state index in [1.807, 2.05) is 11.0 Å². The van der Waals surface area contributed by atoms with Crippen LogP contribution in [0, 0.1) is 6.92 Å². The number of aryl methyl sites for hydroxylation is 1. The van der Waals surface area contributed by atoms with Gasteiger partial charge >= 0.3 is 0 Å². The zero-order valence-electron chi connectivity index (χ0n) is 13.4. The zero-order valence-corrected chi connectivity index (χ0v) is 13.4. The van der Waals surface area contributed by atoms with Gasteiger partial charge in [0.25, 0.3) is 0 Å². The summed E-state index contributed by atoms with van der Waals surface area (Å²) in [5.74, 6) is 0.233. The van der Waals surface area contributed by atoms with Crippen LogP contribution in [0.15, 0.2) is 24.3 Å². The monoisotopic (exact) mass is 288 g/mol. The van der Waals surface area contributed by atoms with Gasteiger partial charge in [-0.2, -0.15) is 0 Å². The fourth-order valence-corrected chi connectivity index (χ4v) is 3.03. The number of unbranched alkanes of at least 4 members (excludes halogenated alkanes) is 5. The van der Waals surface area contributed by atoms with Crippen molar-refractivity contribution >= 4 is 5.91 Å². The van der Waals surface area contributed by atoms with Crippen molar-refractivity contribution in [1.29, 1.82) is 0 Å². The van der Waals surface area contributed by atoms with E-state index >= 15 is 0 Å². The molecule has 0 spiro atoms. The Morgan fingerprint density at radius 2 is 1.86 bits per heavy atom. The third-order valence-electron chi connectivity index (χ3n) is 4.31. The summed E-state index contributed by atoms with van der Waals surface area (Å²) in [5.41, 5.74) is 2.48. The van der Waals surface area contributed by atoms with E-state index in [2.05, 4.69) is 37.4 Å². The zero-order chi connectivity index (χ0) is 15.1. The lowest BCUT2D eigenvalue weighted by molar-refractivity contribution is -0.128. The molecule has 1 N–H and O–H groups in total. The SMILES string of the molecule is CCCCCCCCN1C(=O)CNC1c1ccccc1C. The minimum absolute atomic E-state index is 0.0642. The van der Waals surface area contributed by atoms with Crippen molar-refractivity contribution in [1.82, 2.24) is 10.2 Å². The second-order valence-corrected chi connectivity index (χ2v) is 5.99. The molecule has 1 heterocycles. The number of rotatable bonds is 8. The molecule has 116 valence electrons. The van der Waals surface area contributed by atoms with E-state index in [0.29, 0.717) is 6.54 Å². The van der Waals surface area contributed by atoms with Crippen LogP contribution in [0.3, 0.4) is 0 Å². The van der Waals surface area contributed by atoms with Gasteiger partial charge < -0.3 is 4.90 Å². The number of benzene rings is 1. The van der Waals surface area contributed by atoms with Crippen LogP contribution < -0.4 is 5.32 Å². The Hall–Kier alpha value is -1.35. The van der Waals surface area contributed by atoms with Gasteiger partial charge in [0.1, 0.15) is 6.17 Å². The molecule has 1 unspecified atom stereocenters. The van der Waals surface area contributed by atoms with Gasteiger partial charge in [0.2, 0.25) is 5.91 Å². The molecule has 0 radical (unpaired) electrons. The standard InChI is InChI=1S/C18H28N2O/c1-3-4-5-6-7-10-13-20-17(21)14-19-18(20)16-12-9-8-11-15(16)2/h8-9,11-12,18-19H,3-7,10,13-14H2,1-2H3. The highest BCUT2D eigenvalue weighted by Crippen LogP contribution is 2.25. The van der Waals surface area contributed by atoms with Gasteiger partial charge in [-0.25, -0.2) is 0 Å². The van der Waals surface area contributed by atoms with E-state index in [0.717, 1.165) is 13.0 Å². The van der Waals surface area contributed by atoms with Crippen molar-refractivity contribution in [3.63, 3.8) is 0 Å². The summed E-state index contributed by atoms with van der Waals surface area (Å²) in [7, 11) is 0. The molecule has 3 nitrogen and oxygen atoms in total. The van der Waals surface area contributed by atoms with Crippen LogP contribution in [0.25, 0.3) is 0 Å². The molecule has 2 rings (SSSR count). The van der Waals surface area contributed by atoms with Gasteiger partial charge in [-0.15, -0.1) is 0 Å². The minimum Gasteiger partial charge on any atom is -0.322 e. The second-order valence-electron chi connectivity index (χ2n) is 5.99. The summed E-state index contributed by atoms with van der Waals surface area (Å²) in [6, 6.07) is 8.34. The molecular formula is C18H28N2O. The van der Waals surface area contributed by atoms with Crippen LogP contribution in [0.2, 0.25) is 0 Å². The molecule has 1 atom stereocenters. The molecule has 1 amide bonds. The van der Waals surface area contributed by atoms with E-state index < -0.39 is 0 Å². The summed E-state index contributed by atoms with van der Waals surface area (Å²) >= 11 is 0. The van der Waals surface area contributed by atoms with Gasteiger partial charge in [-0.1, -0.05) is 63.3 Å². The predicted octanol–water partition coefficient (Wildman–Crippen LogP) is 3.79. The molecule has 0 bridgehead atoms. The largest absolute Gasteiger partial charge is 0.322 e. The smallest absolute Gasteiger partial charge is 0.238 e. The van der Waals surface area contributed by atoms with Gasteiger partial charge in [0, 0.05) is 6.54 Å². The van der Waals surface area contributed by atoms with Gasteiger partial charge in [0.15, 0.2) is 0 Å². The highest BCUT2D eigenvalue weighted by Gasteiger charge is 2.31. The number of hydrogen-bond donors (Lipinski definition) is 1. The Kier molecular flexibility index (Phi) is 6.24. The Morgan fingerprint density at radius 1 is 1.14 bits per heavy atom. The van der Waals surface area contributed by atoms with Crippen molar-refractivity contribution in [2.75, 3.05) is 13.1 Å². The molecule has 1 aromatic carbocycles. The Balaban J connectivity index is 1.87. The van der Waals surface area contributed by atoms with Crippen molar-refractivity contribution in [2.45, 2.75) is 58.5 Å². The van der Waals surface area contributed by atoms with E-state index in [4.69, 9.17) is 0 Å². The number of amides is 1. The minimum atomic E-state index is 0.0642. The first-order chi connectivity index (χ1) is 10.2. The first kappa shape index (κ1) is 16.0. The maximum absolute atomic E-state index is 12.1. The van der Waals surface area contributed by atoms with Crippen LogP contribution in [-0.2, 0) is 4.79 Å². The summed E-state index contributed by atoms with van der Waals surface area (Å²) in [6.45, 7) is 5.69. The third kappa shape index (κ3) is 4.31. The molecule has 1 aliphatic heterocycles. The maximum atomic E-state index is 12.1. The molecule has 0 aromatic heterocycles. The fourth-order valence-electron chi connectivity index (χ4n) is 3.03. The van der Waals surface area contributed by atoms with Gasteiger partial charge in [-0.3, -0.25) is 10.1 Å². The highest BCUT2D eigenvalue weighted by molar-refractivity contribution is 5.81. The summed E-state index contributed by atoms with van der Waals surface area (Å²) in [4.78, 5) is 14.1. The topological polar surface area (TPSA) is 32.3 Å². The number of carbonyl (C=O) groups is 1. The molecule has 1 aromatic rings. The summed E-state index contributed by atoms with van der Waals surface area (Å²) in [6.07, 6.45) is 7.63. The lowest BCUT2D eigenvalue weighted by atomic mass is 10.1. The lowest BCUT2D eigenvalue weighted by Crippen LogP contribution is -2.31. The van der Waals surface area contributed by atoms with Crippen LogP contribution in [0.4, 0.5) is 0 Å². The first-order valence-corrected chi connectivity index (χ1v) is 8.32. The summed E-state index contributed by atoms with van der Waals surface area (Å²) < 4.78 is 0. The molecular weight excluding hydrogens is 260 g/mol. The van der Waals surface area contributed by atoms with Crippen LogP contribution in [0.1, 0.15) is 62.7 Å². The molecule has 1 fully saturated rings. The third-order valence-corrected chi connectivity index (χ3v) is 4.31. The van der Waals surface area contributed by atoms with E-state index in [-0.39, 0.29) is 12.1 Å². The van der Waals surface area contributed by atoms with Crippen LogP contribution in [-0.4, -0.2) is 23.9 Å². The van der Waals surface area contributed by atoms with Crippen molar-refractivity contribution in [3.05, 3.63) is 35.4 Å². The average molecular weight is 288 g/mol. The maximum Gasteiger partial charge on any atom is 0.238 e. The van der Waals surface area contributed by atoms with E-state index in [1.165, 1.54) is 43.2 Å². The van der Waals surface area contributed by atoms with Crippen molar-refractivity contribution < 1.29 is 4.79 Å². The average Bonchev–Trinajstić information content (AvgIpc) is 2.84. The highest BCUT2D eigenvalue weighted by atomic mass is 16.2.